The molecule has 0 aliphatic rings. The normalized spacial score (nSPS) is 11.7. The van der Waals surface area contributed by atoms with E-state index in [1.807, 2.05) is 0 Å². The maximum Gasteiger partial charge on any atom is 0.164 e. The summed E-state index contributed by atoms with van der Waals surface area (Å²) in [4.78, 5) is 15.5. The molecule has 3 nitrogen and oxygen atoms in total. The van der Waals surface area contributed by atoms with E-state index in [0.717, 1.165) is 38.9 Å². The van der Waals surface area contributed by atoms with Crippen molar-refractivity contribution in [2.75, 3.05) is 0 Å². The summed E-state index contributed by atoms with van der Waals surface area (Å²) in [6.45, 7) is 14.3. The Morgan fingerprint density at radius 3 is 0.823 bits per heavy atom. The second kappa shape index (κ2) is 16.9. The molecule has 0 bridgehead atoms. The van der Waals surface area contributed by atoms with Crippen LogP contribution in [-0.2, 0) is 0 Å². The summed E-state index contributed by atoms with van der Waals surface area (Å²) in [5, 5.41) is 2.90. The predicted molar refractivity (Wildman–Crippen MR) is 269 cm³/mol. The highest BCUT2D eigenvalue weighted by Gasteiger charge is 2.18. The molecule has 5 heteroatoms. The minimum absolute atomic E-state index is 0.637. The number of hydrogen-bond donors (Lipinski definition) is 0. The van der Waals surface area contributed by atoms with Gasteiger partial charge in [0.2, 0.25) is 0 Å². The van der Waals surface area contributed by atoms with Gasteiger partial charge in [-0.3, -0.25) is 0 Å². The van der Waals surface area contributed by atoms with Crippen molar-refractivity contribution < 1.29 is 0 Å². The van der Waals surface area contributed by atoms with E-state index in [-0.39, 0.29) is 0 Å². The van der Waals surface area contributed by atoms with Crippen molar-refractivity contribution in [2.45, 2.75) is 39.3 Å². The van der Waals surface area contributed by atoms with E-state index >= 15 is 0 Å². The van der Waals surface area contributed by atoms with E-state index in [0.29, 0.717) is 17.5 Å². The number of hydrogen-bond acceptors (Lipinski definition) is 3. The molecule has 0 saturated carbocycles. The van der Waals surface area contributed by atoms with Gasteiger partial charge in [0.05, 0.1) is 16.1 Å². The molecule has 0 unspecified atom stereocenters. The van der Waals surface area contributed by atoms with E-state index in [4.69, 9.17) is 15.0 Å². The summed E-state index contributed by atoms with van der Waals surface area (Å²) in [6.07, 6.45) is 0. The Hall–Kier alpha value is -6.80. The molecule has 0 aliphatic carbocycles. The van der Waals surface area contributed by atoms with Crippen molar-refractivity contribution >= 4 is 26.5 Å². The van der Waals surface area contributed by atoms with E-state index in [2.05, 4.69) is 239 Å². The van der Waals surface area contributed by atoms with Crippen LogP contribution in [0, 0.1) is 0 Å². The lowest BCUT2D eigenvalue weighted by molar-refractivity contribution is 1.07. The fraction of sp³-hybridized carbons (Fsp3) is 0.105. The Morgan fingerprint density at radius 1 is 0.226 bits per heavy atom. The molecule has 9 aromatic rings. The average Bonchev–Trinajstić information content (AvgIpc) is 3.31. The van der Waals surface area contributed by atoms with Gasteiger partial charge in [0.15, 0.2) is 17.5 Å². The number of aromatic nitrogens is 3. The van der Waals surface area contributed by atoms with E-state index in [1.54, 1.807) is 0 Å². The van der Waals surface area contributed by atoms with Crippen LogP contribution in [0.25, 0.3) is 89.8 Å². The van der Waals surface area contributed by atoms with Gasteiger partial charge in [-0.05, 0) is 79.9 Å². The van der Waals surface area contributed by atoms with Crippen molar-refractivity contribution in [3.63, 3.8) is 0 Å². The number of rotatable bonds is 10. The van der Waals surface area contributed by atoms with Gasteiger partial charge in [-0.1, -0.05) is 226 Å². The zero-order chi connectivity index (χ0) is 42.8. The van der Waals surface area contributed by atoms with Gasteiger partial charge in [0, 0.05) is 16.7 Å². The van der Waals surface area contributed by atoms with Crippen molar-refractivity contribution in [1.29, 1.82) is 0 Å². The molecule has 1 heterocycles. The molecule has 0 N–H and O–H groups in total. The van der Waals surface area contributed by atoms with Gasteiger partial charge in [-0.15, -0.1) is 0 Å². The third-order valence-corrected chi connectivity index (χ3v) is 15.8. The predicted octanol–water partition coefficient (Wildman–Crippen LogP) is 14.3. The Kier molecular flexibility index (Phi) is 11.1. The van der Waals surface area contributed by atoms with E-state index < -0.39 is 16.1 Å². The Balaban J connectivity index is 1.08. The quantitative estimate of drug-likeness (QED) is 0.129. The first-order chi connectivity index (χ1) is 29.9. The molecule has 1 aromatic heterocycles. The first kappa shape index (κ1) is 40.6. The topological polar surface area (TPSA) is 38.7 Å². The summed E-state index contributed by atoms with van der Waals surface area (Å²) >= 11 is 0. The van der Waals surface area contributed by atoms with Crippen LogP contribution in [0.15, 0.2) is 200 Å². The SMILES string of the molecule is C[Si](C)(C)c1ccc(-c2cccc(-c3nc(-c4ccc(-c5cccc(-c6cccc(-c7ccccc7)c6)c5)cc4)nc(-c4cccc(-c5ccc([Si](C)(C)C)cc5)c4)n3)c2)cc1. The van der Waals surface area contributed by atoms with Crippen LogP contribution < -0.4 is 10.4 Å². The van der Waals surface area contributed by atoms with Crippen LogP contribution in [0.5, 0.6) is 0 Å². The van der Waals surface area contributed by atoms with Crippen molar-refractivity contribution in [3.05, 3.63) is 200 Å². The largest absolute Gasteiger partial charge is 0.208 e. The van der Waals surface area contributed by atoms with E-state index in [9.17, 15) is 0 Å². The van der Waals surface area contributed by atoms with Gasteiger partial charge in [0.1, 0.15) is 0 Å². The second-order valence-corrected chi connectivity index (χ2v) is 28.4. The molecule has 0 saturated heterocycles. The summed E-state index contributed by atoms with van der Waals surface area (Å²) in [5.41, 5.74) is 14.5. The monoisotopic (exact) mass is 833 g/mol. The smallest absolute Gasteiger partial charge is 0.164 e. The molecule has 0 aliphatic heterocycles. The maximum absolute atomic E-state index is 5.18. The van der Waals surface area contributed by atoms with Gasteiger partial charge in [-0.2, -0.15) is 0 Å². The molecule has 0 radical (unpaired) electrons. The highest BCUT2D eigenvalue weighted by molar-refractivity contribution is 6.89. The lowest BCUT2D eigenvalue weighted by atomic mass is 9.96. The minimum Gasteiger partial charge on any atom is -0.208 e. The molecule has 9 rings (SSSR count). The molecule has 0 amide bonds. The standard InChI is InChI=1S/C57H51N3Si2/c1-61(2,3)53-32-28-42(29-33-53)47-18-12-22-51(38-47)56-58-55(59-57(60-56)52-23-13-19-48(39-52)43-30-34-54(35-31-43)62(4,5)6)44-26-24-41(25-27-44)46-17-11-21-50(37-46)49-20-10-16-45(36-49)40-14-8-7-9-15-40/h7-39H,1-6H3. The fourth-order valence-corrected chi connectivity index (χ4v) is 10.3. The molecule has 0 spiro atoms. The maximum atomic E-state index is 5.18. The Morgan fingerprint density at radius 2 is 0.468 bits per heavy atom. The van der Waals surface area contributed by atoms with Gasteiger partial charge < -0.3 is 0 Å². The lowest BCUT2D eigenvalue weighted by Gasteiger charge is -2.17. The van der Waals surface area contributed by atoms with Gasteiger partial charge in [0.25, 0.3) is 0 Å². The first-order valence-corrected chi connectivity index (χ1v) is 28.5. The molecule has 0 fully saturated rings. The highest BCUT2D eigenvalue weighted by Crippen LogP contribution is 2.33. The molecule has 0 atom stereocenters. The minimum atomic E-state index is -1.41. The molecular weight excluding hydrogens is 783 g/mol. The Bertz CT molecular complexity index is 2880. The lowest BCUT2D eigenvalue weighted by Crippen LogP contribution is -2.37. The zero-order valence-corrected chi connectivity index (χ0v) is 38.4. The number of benzene rings is 8. The van der Waals surface area contributed by atoms with Crippen LogP contribution in [0.4, 0.5) is 0 Å². The fourth-order valence-electron chi connectivity index (χ4n) is 7.96. The molecular formula is C57H51N3Si2. The van der Waals surface area contributed by atoms with Gasteiger partial charge >= 0.3 is 0 Å². The molecule has 62 heavy (non-hydrogen) atoms. The van der Waals surface area contributed by atoms with E-state index in [1.165, 1.54) is 43.8 Å². The van der Waals surface area contributed by atoms with Crippen LogP contribution in [0.2, 0.25) is 39.3 Å². The zero-order valence-electron chi connectivity index (χ0n) is 36.4. The van der Waals surface area contributed by atoms with Crippen LogP contribution >= 0.6 is 0 Å². The summed E-state index contributed by atoms with van der Waals surface area (Å²) in [5.74, 6) is 1.92. The summed E-state index contributed by atoms with van der Waals surface area (Å²) < 4.78 is 0. The summed E-state index contributed by atoms with van der Waals surface area (Å²) in [7, 11) is -2.82. The van der Waals surface area contributed by atoms with Crippen LogP contribution in [0.3, 0.4) is 0 Å². The molecule has 302 valence electrons. The third kappa shape index (κ3) is 8.96. The average molecular weight is 834 g/mol. The second-order valence-electron chi connectivity index (χ2n) is 18.2. The number of nitrogens with zero attached hydrogens (tertiary/aromatic N) is 3. The Labute approximate surface area is 368 Å². The first-order valence-electron chi connectivity index (χ1n) is 21.5. The van der Waals surface area contributed by atoms with Crippen LogP contribution in [-0.4, -0.2) is 31.1 Å². The van der Waals surface area contributed by atoms with Crippen molar-refractivity contribution in [3.8, 4) is 89.8 Å². The highest BCUT2D eigenvalue weighted by atomic mass is 28.3. The van der Waals surface area contributed by atoms with Crippen molar-refractivity contribution in [2.24, 2.45) is 0 Å². The summed E-state index contributed by atoms with van der Waals surface area (Å²) in [6, 6.07) is 72.0. The van der Waals surface area contributed by atoms with Crippen molar-refractivity contribution in [1.82, 2.24) is 15.0 Å². The van der Waals surface area contributed by atoms with Crippen LogP contribution in [0.1, 0.15) is 0 Å². The molecule has 8 aromatic carbocycles. The van der Waals surface area contributed by atoms with Gasteiger partial charge in [-0.25, -0.2) is 15.0 Å². The third-order valence-electron chi connectivity index (χ3n) is 11.7.